The molecule has 0 N–H and O–H groups in total. The first-order valence-corrected chi connectivity index (χ1v) is 14.0. The summed E-state index contributed by atoms with van der Waals surface area (Å²) >= 11 is 0. The molecular weight excluding hydrogens is 493 g/mol. The Labute approximate surface area is 231 Å². The number of para-hydroxylation sites is 2. The Bertz CT molecular complexity index is 1310. The highest BCUT2D eigenvalue weighted by Crippen LogP contribution is 2.34. The van der Waals surface area contributed by atoms with Crippen molar-refractivity contribution in [2.75, 3.05) is 75.8 Å². The van der Waals surface area contributed by atoms with Crippen LogP contribution in [0.3, 0.4) is 0 Å². The summed E-state index contributed by atoms with van der Waals surface area (Å²) in [5, 5.41) is 0. The molecule has 0 radical (unpaired) electrons. The Balaban J connectivity index is 1.44. The summed E-state index contributed by atoms with van der Waals surface area (Å²) in [6, 6.07) is 14.9. The number of carbonyl (C=O) groups is 1. The number of benzene rings is 2. The second-order valence-corrected chi connectivity index (χ2v) is 10.5. The maximum atomic E-state index is 14.8. The number of nitrogens with zero attached hydrogens (tertiary/aromatic N) is 5. The van der Waals surface area contributed by atoms with E-state index in [0.717, 1.165) is 74.2 Å². The molecule has 39 heavy (non-hydrogen) atoms. The van der Waals surface area contributed by atoms with Crippen LogP contribution in [0.5, 0.6) is 5.75 Å². The lowest BCUT2D eigenvalue weighted by atomic mass is 10.1. The molecule has 0 saturated carbocycles. The van der Waals surface area contributed by atoms with E-state index in [1.807, 2.05) is 39.8 Å². The molecule has 2 aliphatic heterocycles. The summed E-state index contributed by atoms with van der Waals surface area (Å²) < 4.78 is 22.4. The van der Waals surface area contributed by atoms with E-state index in [1.54, 1.807) is 13.2 Å². The minimum absolute atomic E-state index is 0.0186. The fourth-order valence-electron chi connectivity index (χ4n) is 6.10. The van der Waals surface area contributed by atoms with Gasteiger partial charge in [0.1, 0.15) is 17.3 Å². The second kappa shape index (κ2) is 11.7. The zero-order valence-corrected chi connectivity index (χ0v) is 23.6. The van der Waals surface area contributed by atoms with Crippen LogP contribution in [-0.4, -0.2) is 86.3 Å². The second-order valence-electron chi connectivity index (χ2n) is 10.5. The van der Waals surface area contributed by atoms with Crippen molar-refractivity contribution in [3.05, 3.63) is 76.9 Å². The van der Waals surface area contributed by atoms with Crippen LogP contribution >= 0.6 is 0 Å². The number of methoxy groups -OCH3 is 1. The number of piperazine rings is 2. The van der Waals surface area contributed by atoms with Crippen molar-refractivity contribution < 1.29 is 13.9 Å². The van der Waals surface area contributed by atoms with E-state index in [0.29, 0.717) is 30.9 Å². The maximum Gasteiger partial charge on any atom is 0.270 e. The lowest BCUT2D eigenvalue weighted by Crippen LogP contribution is -2.49. The highest BCUT2D eigenvalue weighted by atomic mass is 19.1. The van der Waals surface area contributed by atoms with Crippen LogP contribution in [0.4, 0.5) is 15.8 Å². The first kappa shape index (κ1) is 27.1. The van der Waals surface area contributed by atoms with Crippen LogP contribution in [-0.2, 0) is 6.54 Å². The van der Waals surface area contributed by atoms with E-state index in [2.05, 4.69) is 41.5 Å². The third-order valence-electron chi connectivity index (χ3n) is 8.35. The molecule has 0 unspecified atom stereocenters. The van der Waals surface area contributed by atoms with E-state index in [1.165, 1.54) is 6.07 Å². The lowest BCUT2D eigenvalue weighted by Gasteiger charge is -2.37. The Morgan fingerprint density at radius 1 is 0.872 bits per heavy atom. The van der Waals surface area contributed by atoms with Gasteiger partial charge in [0.2, 0.25) is 0 Å². The smallest absolute Gasteiger partial charge is 0.270 e. The molecule has 3 aromatic rings. The van der Waals surface area contributed by atoms with Gasteiger partial charge < -0.3 is 28.9 Å². The van der Waals surface area contributed by atoms with Crippen LogP contribution in [0.15, 0.2) is 48.5 Å². The number of likely N-dealkylation sites (N-methyl/N-ethyl adjacent to an activating group) is 1. The molecule has 2 aromatic carbocycles. The monoisotopic (exact) mass is 533 g/mol. The number of anilines is 2. The number of amides is 1. The molecule has 0 aliphatic carbocycles. The van der Waals surface area contributed by atoms with Gasteiger partial charge in [-0.15, -0.1) is 0 Å². The van der Waals surface area contributed by atoms with Gasteiger partial charge in [0.15, 0.2) is 0 Å². The van der Waals surface area contributed by atoms with Gasteiger partial charge in [0.25, 0.3) is 5.91 Å². The molecule has 2 fully saturated rings. The lowest BCUT2D eigenvalue weighted by molar-refractivity contribution is 0.0735. The molecule has 0 spiro atoms. The molecule has 0 atom stereocenters. The first-order valence-electron chi connectivity index (χ1n) is 14.0. The number of halogens is 1. The predicted molar refractivity (Wildman–Crippen MR) is 155 cm³/mol. The summed E-state index contributed by atoms with van der Waals surface area (Å²) in [6.07, 6.45) is 0. The van der Waals surface area contributed by atoms with E-state index >= 15 is 0 Å². The SMILES string of the molecule is CCN1CCN(c2c(C)c(C(=O)N3CCN(c4ccccc4OC)CC3)n(Cc3ccccc3F)c2C)CC1. The molecule has 5 rings (SSSR count). The van der Waals surface area contributed by atoms with Crippen molar-refractivity contribution >= 4 is 17.3 Å². The van der Waals surface area contributed by atoms with Gasteiger partial charge in [-0.2, -0.15) is 0 Å². The first-order chi connectivity index (χ1) is 18.9. The van der Waals surface area contributed by atoms with Crippen LogP contribution in [0.2, 0.25) is 0 Å². The molecule has 2 saturated heterocycles. The molecule has 1 amide bonds. The van der Waals surface area contributed by atoms with Crippen molar-refractivity contribution in [3.63, 3.8) is 0 Å². The minimum atomic E-state index is -0.245. The van der Waals surface area contributed by atoms with Crippen LogP contribution in [0.25, 0.3) is 0 Å². The quantitative estimate of drug-likeness (QED) is 0.450. The number of aromatic nitrogens is 1. The van der Waals surface area contributed by atoms with Crippen molar-refractivity contribution in [1.82, 2.24) is 14.4 Å². The average Bonchev–Trinajstić information content (AvgIpc) is 3.22. The highest BCUT2D eigenvalue weighted by molar-refractivity contribution is 5.97. The minimum Gasteiger partial charge on any atom is -0.495 e. The average molecular weight is 534 g/mol. The molecule has 208 valence electrons. The summed E-state index contributed by atoms with van der Waals surface area (Å²) in [5.74, 6) is 0.616. The van der Waals surface area contributed by atoms with Gasteiger partial charge in [-0.1, -0.05) is 37.3 Å². The number of ether oxygens (including phenoxy) is 1. The molecule has 8 heteroatoms. The summed E-state index contributed by atoms with van der Waals surface area (Å²) in [5.41, 5.74) is 5.46. The van der Waals surface area contributed by atoms with Crippen molar-refractivity contribution in [3.8, 4) is 5.75 Å². The van der Waals surface area contributed by atoms with Gasteiger partial charge in [-0.25, -0.2) is 4.39 Å². The van der Waals surface area contributed by atoms with Crippen molar-refractivity contribution in [2.45, 2.75) is 27.3 Å². The largest absolute Gasteiger partial charge is 0.495 e. The van der Waals surface area contributed by atoms with Crippen molar-refractivity contribution in [1.29, 1.82) is 0 Å². The normalized spacial score (nSPS) is 16.6. The van der Waals surface area contributed by atoms with Gasteiger partial charge in [-0.3, -0.25) is 4.79 Å². The van der Waals surface area contributed by atoms with Crippen molar-refractivity contribution in [2.24, 2.45) is 0 Å². The Kier molecular flexibility index (Phi) is 8.12. The highest BCUT2D eigenvalue weighted by Gasteiger charge is 2.32. The molecule has 1 aromatic heterocycles. The fraction of sp³-hybridized carbons (Fsp3) is 0.452. The molecule has 2 aliphatic rings. The molecular formula is C31H40FN5O2. The summed E-state index contributed by atoms with van der Waals surface area (Å²) in [4.78, 5) is 23.3. The van der Waals surface area contributed by atoms with Gasteiger partial charge in [0, 0.05) is 69.2 Å². The third kappa shape index (κ3) is 5.35. The van der Waals surface area contributed by atoms with Gasteiger partial charge >= 0.3 is 0 Å². The number of hydrogen-bond acceptors (Lipinski definition) is 5. The summed E-state index contributed by atoms with van der Waals surface area (Å²) in [6.45, 7) is 14.2. The van der Waals surface area contributed by atoms with E-state index in [9.17, 15) is 9.18 Å². The Hall–Kier alpha value is -3.52. The van der Waals surface area contributed by atoms with E-state index < -0.39 is 0 Å². The number of carbonyl (C=O) groups excluding carboxylic acids is 1. The van der Waals surface area contributed by atoms with Crippen LogP contribution < -0.4 is 14.5 Å². The third-order valence-corrected chi connectivity index (χ3v) is 8.35. The summed E-state index contributed by atoms with van der Waals surface area (Å²) in [7, 11) is 1.69. The maximum absolute atomic E-state index is 14.8. The Morgan fingerprint density at radius 3 is 2.18 bits per heavy atom. The van der Waals surface area contributed by atoms with E-state index in [-0.39, 0.29) is 11.7 Å². The van der Waals surface area contributed by atoms with Crippen LogP contribution in [0.1, 0.15) is 34.2 Å². The van der Waals surface area contributed by atoms with Crippen LogP contribution in [0, 0.1) is 19.7 Å². The Morgan fingerprint density at radius 2 is 1.51 bits per heavy atom. The zero-order valence-electron chi connectivity index (χ0n) is 23.6. The standard InChI is InChI=1S/C31H40FN5O2/c1-5-33-14-16-35(17-15-33)29-23(2)30(37(24(29)3)22-25-10-6-7-11-26(25)32)31(38)36-20-18-34(19-21-36)27-12-8-9-13-28(27)39-4/h6-13H,5,14-22H2,1-4H3. The molecule has 7 nitrogen and oxygen atoms in total. The molecule has 0 bridgehead atoms. The topological polar surface area (TPSA) is 44.2 Å². The van der Waals surface area contributed by atoms with Gasteiger partial charge in [0.05, 0.1) is 25.0 Å². The molecule has 3 heterocycles. The zero-order chi connectivity index (χ0) is 27.5. The number of hydrogen-bond donors (Lipinski definition) is 0. The predicted octanol–water partition coefficient (Wildman–Crippen LogP) is 4.41. The van der Waals surface area contributed by atoms with E-state index in [4.69, 9.17) is 4.74 Å². The van der Waals surface area contributed by atoms with Gasteiger partial charge in [-0.05, 0) is 38.6 Å². The fourth-order valence-corrected chi connectivity index (χ4v) is 6.10. The number of rotatable bonds is 7.